The fraction of sp³-hybridized carbons (Fsp3) is 0.562. The minimum atomic E-state index is -0.546. The minimum Gasteiger partial charge on any atom is -0.389 e. The number of hydrogen-bond acceptors (Lipinski definition) is 2. The average Bonchev–Trinajstić information content (AvgIpc) is 2.46. The van der Waals surface area contributed by atoms with Gasteiger partial charge in [0, 0.05) is 19.0 Å². The van der Waals surface area contributed by atoms with Crippen molar-refractivity contribution < 1.29 is 9.90 Å². The van der Waals surface area contributed by atoms with Crippen molar-refractivity contribution in [2.75, 3.05) is 13.1 Å². The Morgan fingerprint density at radius 1 is 1.30 bits per heavy atom. The van der Waals surface area contributed by atoms with Crippen LogP contribution in [-0.4, -0.2) is 34.6 Å². The van der Waals surface area contributed by atoms with Crippen molar-refractivity contribution in [3.8, 4) is 0 Å². The summed E-state index contributed by atoms with van der Waals surface area (Å²) < 4.78 is 0. The third-order valence-electron chi connectivity index (χ3n) is 4.82. The van der Waals surface area contributed by atoms with Gasteiger partial charge in [-0.05, 0) is 31.4 Å². The van der Waals surface area contributed by atoms with E-state index in [1.807, 2.05) is 17.0 Å². The monoisotopic (exact) mass is 293 g/mol. The molecule has 0 aromatic heterocycles. The molecule has 1 N–H and O–H groups in total. The van der Waals surface area contributed by atoms with E-state index < -0.39 is 5.60 Å². The van der Waals surface area contributed by atoms with Crippen molar-refractivity contribution in [3.05, 3.63) is 34.9 Å². The van der Waals surface area contributed by atoms with Crippen molar-refractivity contribution in [2.24, 2.45) is 5.92 Å². The van der Waals surface area contributed by atoms with Crippen molar-refractivity contribution in [1.29, 1.82) is 0 Å². The van der Waals surface area contributed by atoms with Crippen LogP contribution in [0.15, 0.2) is 24.3 Å². The maximum Gasteiger partial charge on any atom is 0.255 e. The molecule has 2 unspecified atom stereocenters. The summed E-state index contributed by atoms with van der Waals surface area (Å²) in [6.07, 6.45) is 4.84. The molecule has 2 aliphatic rings. The number of benzene rings is 1. The summed E-state index contributed by atoms with van der Waals surface area (Å²) in [7, 11) is 0. The topological polar surface area (TPSA) is 40.5 Å². The van der Waals surface area contributed by atoms with Crippen LogP contribution in [0.2, 0.25) is 5.02 Å². The quantitative estimate of drug-likeness (QED) is 0.864. The summed E-state index contributed by atoms with van der Waals surface area (Å²) in [5, 5.41) is 11.2. The van der Waals surface area contributed by atoms with Crippen molar-refractivity contribution in [3.63, 3.8) is 0 Å². The summed E-state index contributed by atoms with van der Waals surface area (Å²) in [4.78, 5) is 14.4. The maximum absolute atomic E-state index is 12.6. The predicted octanol–water partition coefficient (Wildman–Crippen LogP) is 3.11. The Bertz CT molecular complexity index is 519. The zero-order valence-corrected chi connectivity index (χ0v) is 12.3. The van der Waals surface area contributed by atoms with Crippen LogP contribution in [0.1, 0.15) is 42.5 Å². The highest BCUT2D eigenvalue weighted by Crippen LogP contribution is 2.40. The van der Waals surface area contributed by atoms with Gasteiger partial charge in [0.25, 0.3) is 5.91 Å². The van der Waals surface area contributed by atoms with E-state index in [4.69, 9.17) is 11.6 Å². The van der Waals surface area contributed by atoms with Gasteiger partial charge in [-0.25, -0.2) is 0 Å². The van der Waals surface area contributed by atoms with Gasteiger partial charge in [0.2, 0.25) is 0 Å². The second-order valence-electron chi connectivity index (χ2n) is 6.03. The van der Waals surface area contributed by atoms with Crippen LogP contribution in [0.25, 0.3) is 0 Å². The molecule has 1 saturated carbocycles. The van der Waals surface area contributed by atoms with Crippen LogP contribution in [-0.2, 0) is 0 Å². The summed E-state index contributed by atoms with van der Waals surface area (Å²) in [5.74, 6) is 0.208. The Kier molecular flexibility index (Phi) is 3.74. The van der Waals surface area contributed by atoms with E-state index in [1.54, 1.807) is 12.1 Å². The number of hydrogen-bond donors (Lipinski definition) is 1. The van der Waals surface area contributed by atoms with Gasteiger partial charge in [-0.1, -0.05) is 36.6 Å². The van der Waals surface area contributed by atoms with Crippen LogP contribution in [0.3, 0.4) is 0 Å². The highest BCUT2D eigenvalue weighted by atomic mass is 35.5. The Morgan fingerprint density at radius 3 is 2.90 bits per heavy atom. The number of amides is 1. The number of halogens is 1. The normalized spacial score (nSPS) is 29.9. The number of piperidine rings is 1. The Balaban J connectivity index is 1.76. The van der Waals surface area contributed by atoms with Crippen LogP contribution in [0.4, 0.5) is 0 Å². The molecular weight excluding hydrogens is 274 g/mol. The molecule has 1 aliphatic carbocycles. The first-order valence-corrected chi connectivity index (χ1v) is 7.74. The second kappa shape index (κ2) is 5.38. The zero-order valence-electron chi connectivity index (χ0n) is 11.5. The number of carbonyl (C=O) groups is 1. The van der Waals surface area contributed by atoms with E-state index in [9.17, 15) is 9.90 Å². The third kappa shape index (κ3) is 2.45. The molecule has 1 saturated heterocycles. The van der Waals surface area contributed by atoms with Gasteiger partial charge < -0.3 is 10.0 Å². The van der Waals surface area contributed by atoms with Gasteiger partial charge in [0.15, 0.2) is 0 Å². The molecular formula is C16H20ClNO2. The van der Waals surface area contributed by atoms with Crippen LogP contribution in [0, 0.1) is 5.92 Å². The summed E-state index contributed by atoms with van der Waals surface area (Å²) in [5.41, 5.74) is 0.0191. The van der Waals surface area contributed by atoms with Gasteiger partial charge in [-0.15, -0.1) is 0 Å². The van der Waals surface area contributed by atoms with E-state index in [0.29, 0.717) is 30.1 Å². The van der Waals surface area contributed by atoms with E-state index >= 15 is 0 Å². The lowest BCUT2D eigenvalue weighted by molar-refractivity contribution is -0.0886. The lowest BCUT2D eigenvalue weighted by Crippen LogP contribution is -2.54. The molecule has 3 nitrogen and oxygen atoms in total. The highest BCUT2D eigenvalue weighted by molar-refractivity contribution is 6.33. The molecule has 0 radical (unpaired) electrons. The van der Waals surface area contributed by atoms with Crippen molar-refractivity contribution >= 4 is 17.5 Å². The van der Waals surface area contributed by atoms with Gasteiger partial charge in [0.1, 0.15) is 0 Å². The molecule has 1 aliphatic heterocycles. The van der Waals surface area contributed by atoms with Crippen LogP contribution in [0.5, 0.6) is 0 Å². The highest BCUT2D eigenvalue weighted by Gasteiger charge is 2.43. The van der Waals surface area contributed by atoms with E-state index in [-0.39, 0.29) is 11.8 Å². The SMILES string of the molecule is O=C(c1ccccc1Cl)N1CCC2(O)CCCCC2C1. The third-order valence-corrected chi connectivity index (χ3v) is 5.15. The number of rotatable bonds is 1. The average molecular weight is 294 g/mol. The van der Waals surface area contributed by atoms with E-state index in [1.165, 1.54) is 0 Å². The van der Waals surface area contributed by atoms with E-state index in [0.717, 1.165) is 25.7 Å². The first kappa shape index (κ1) is 13.9. The zero-order chi connectivity index (χ0) is 14.2. The Hall–Kier alpha value is -1.06. The molecule has 108 valence electrons. The summed E-state index contributed by atoms with van der Waals surface area (Å²) in [6.45, 7) is 1.28. The second-order valence-corrected chi connectivity index (χ2v) is 6.43. The molecule has 2 fully saturated rings. The van der Waals surface area contributed by atoms with Crippen molar-refractivity contribution in [2.45, 2.75) is 37.7 Å². The molecule has 1 aromatic carbocycles. The summed E-state index contributed by atoms with van der Waals surface area (Å²) in [6, 6.07) is 7.18. The maximum atomic E-state index is 12.6. The number of aliphatic hydroxyl groups is 1. The van der Waals surface area contributed by atoms with Crippen LogP contribution >= 0.6 is 11.6 Å². The largest absolute Gasteiger partial charge is 0.389 e. The minimum absolute atomic E-state index is 0.0109. The van der Waals surface area contributed by atoms with Gasteiger partial charge in [-0.2, -0.15) is 0 Å². The lowest BCUT2D eigenvalue weighted by atomic mass is 9.71. The van der Waals surface area contributed by atoms with Gasteiger partial charge >= 0.3 is 0 Å². The molecule has 0 spiro atoms. The number of likely N-dealkylation sites (tertiary alicyclic amines) is 1. The van der Waals surface area contributed by atoms with Crippen LogP contribution < -0.4 is 0 Å². The van der Waals surface area contributed by atoms with Crippen molar-refractivity contribution in [1.82, 2.24) is 4.90 Å². The molecule has 20 heavy (non-hydrogen) atoms. The molecule has 4 heteroatoms. The standard InChI is InChI=1S/C16H20ClNO2/c17-14-7-2-1-6-13(14)15(19)18-10-9-16(20)8-4-3-5-12(16)11-18/h1-2,6-7,12,20H,3-5,8-11H2. The molecule has 1 aromatic rings. The van der Waals surface area contributed by atoms with E-state index in [2.05, 4.69) is 0 Å². The number of nitrogens with zero attached hydrogens (tertiary/aromatic N) is 1. The Labute approximate surface area is 124 Å². The number of carbonyl (C=O) groups excluding carboxylic acids is 1. The summed E-state index contributed by atoms with van der Waals surface area (Å²) >= 11 is 6.11. The molecule has 3 rings (SSSR count). The fourth-order valence-corrected chi connectivity index (χ4v) is 3.78. The molecule has 2 atom stereocenters. The Morgan fingerprint density at radius 2 is 2.10 bits per heavy atom. The lowest BCUT2D eigenvalue weighted by Gasteiger charge is -2.47. The fourth-order valence-electron chi connectivity index (χ4n) is 3.56. The molecule has 0 bridgehead atoms. The predicted molar refractivity (Wildman–Crippen MR) is 78.9 cm³/mol. The number of fused-ring (bicyclic) bond motifs is 1. The first-order chi connectivity index (χ1) is 9.60. The van der Waals surface area contributed by atoms with Gasteiger partial charge in [0.05, 0.1) is 16.2 Å². The van der Waals surface area contributed by atoms with Gasteiger partial charge in [-0.3, -0.25) is 4.79 Å². The molecule has 1 amide bonds. The molecule has 1 heterocycles. The first-order valence-electron chi connectivity index (χ1n) is 7.36. The smallest absolute Gasteiger partial charge is 0.255 e.